The third kappa shape index (κ3) is 4.40. The third-order valence-corrected chi connectivity index (χ3v) is 6.10. The normalized spacial score (nSPS) is 14.0. The zero-order chi connectivity index (χ0) is 25.4. The summed E-state index contributed by atoms with van der Waals surface area (Å²) in [5.41, 5.74) is 3.19. The molecular weight excluding hydrogens is 448 g/mol. The topological polar surface area (TPSA) is 108 Å². The van der Waals surface area contributed by atoms with Crippen LogP contribution >= 0.6 is 0 Å². The van der Waals surface area contributed by atoms with E-state index in [9.17, 15) is 19.2 Å². The Hall–Kier alpha value is -4.40. The fraction of sp³-hybridized carbons (Fsp3) is 0.231. The second-order valence-electron chi connectivity index (χ2n) is 8.66. The lowest BCUT2D eigenvalue weighted by Crippen LogP contribution is -2.41. The predicted molar refractivity (Wildman–Crippen MR) is 130 cm³/mol. The summed E-state index contributed by atoms with van der Waals surface area (Å²) < 4.78 is 5.52. The summed E-state index contributed by atoms with van der Waals surface area (Å²) in [7, 11) is 1.61. The molecule has 2 N–H and O–H groups in total. The Kier molecular flexibility index (Phi) is 6.17. The first-order valence-electron chi connectivity index (χ1n) is 11.1. The van der Waals surface area contributed by atoms with Gasteiger partial charge in [0.25, 0.3) is 23.6 Å². The van der Waals surface area contributed by atoms with E-state index >= 15 is 0 Å². The fourth-order valence-electron chi connectivity index (χ4n) is 3.90. The van der Waals surface area contributed by atoms with E-state index in [1.54, 1.807) is 31.3 Å². The van der Waals surface area contributed by atoms with Crippen molar-refractivity contribution >= 4 is 29.3 Å². The molecule has 0 bridgehead atoms. The molecule has 2 aromatic rings. The molecule has 0 spiro atoms. The summed E-state index contributed by atoms with van der Waals surface area (Å²) in [6, 6.07) is 10.7. The highest BCUT2D eigenvalue weighted by Crippen LogP contribution is 2.38. The Bertz CT molecular complexity index is 1300. The Morgan fingerprint density at radius 1 is 1.14 bits per heavy atom. The summed E-state index contributed by atoms with van der Waals surface area (Å²) in [4.78, 5) is 52.6. The number of likely N-dealkylation sites (N-methyl/N-ethyl adjacent to an activating group) is 1. The van der Waals surface area contributed by atoms with Gasteiger partial charge in [0.05, 0.1) is 17.9 Å². The second-order valence-corrected chi connectivity index (χ2v) is 8.66. The first-order chi connectivity index (χ1) is 16.6. The highest BCUT2D eigenvalue weighted by molar-refractivity contribution is 6.08. The van der Waals surface area contributed by atoms with Gasteiger partial charge in [-0.3, -0.25) is 24.1 Å². The number of amides is 4. The summed E-state index contributed by atoms with van der Waals surface area (Å²) in [5.74, 6) is -1.14. The predicted octanol–water partition coefficient (Wildman–Crippen LogP) is 2.65. The molecule has 2 aromatic carbocycles. The SMILES string of the molecule is C=C(NC(=O)C(=C)N1Cc2c(cccc2-c2ccc3c(c2)OCC(=O)N3)C1=O)C(=O)N(C)C(C)C. The fourth-order valence-corrected chi connectivity index (χ4v) is 3.90. The summed E-state index contributed by atoms with van der Waals surface area (Å²) in [6.07, 6.45) is 0. The van der Waals surface area contributed by atoms with Gasteiger partial charge < -0.3 is 20.3 Å². The molecule has 2 heterocycles. The van der Waals surface area contributed by atoms with Gasteiger partial charge in [-0.15, -0.1) is 0 Å². The molecule has 9 nitrogen and oxygen atoms in total. The summed E-state index contributed by atoms with van der Waals surface area (Å²) in [6.45, 7) is 11.2. The van der Waals surface area contributed by atoms with E-state index in [0.29, 0.717) is 17.0 Å². The van der Waals surface area contributed by atoms with Gasteiger partial charge >= 0.3 is 0 Å². The van der Waals surface area contributed by atoms with Crippen LogP contribution in [0.3, 0.4) is 0 Å². The van der Waals surface area contributed by atoms with Gasteiger partial charge in [-0.25, -0.2) is 0 Å². The van der Waals surface area contributed by atoms with Crippen LogP contribution in [-0.4, -0.2) is 53.1 Å². The summed E-state index contributed by atoms with van der Waals surface area (Å²) >= 11 is 0. The van der Waals surface area contributed by atoms with Crippen molar-refractivity contribution in [2.75, 3.05) is 19.0 Å². The number of nitrogens with one attached hydrogen (secondary N) is 2. The molecule has 4 rings (SSSR count). The number of carbonyl (C=O) groups excluding carboxylic acids is 4. The molecule has 0 aliphatic carbocycles. The van der Waals surface area contributed by atoms with Crippen LogP contribution < -0.4 is 15.4 Å². The monoisotopic (exact) mass is 474 g/mol. The van der Waals surface area contributed by atoms with Crippen molar-refractivity contribution in [3.63, 3.8) is 0 Å². The minimum absolute atomic E-state index is 0.0642. The molecule has 0 radical (unpaired) electrons. The van der Waals surface area contributed by atoms with Gasteiger partial charge in [-0.2, -0.15) is 0 Å². The van der Waals surface area contributed by atoms with Crippen molar-refractivity contribution < 1.29 is 23.9 Å². The molecule has 0 unspecified atom stereocenters. The van der Waals surface area contributed by atoms with E-state index in [2.05, 4.69) is 23.8 Å². The number of nitrogens with zero attached hydrogens (tertiary/aromatic N) is 2. The van der Waals surface area contributed by atoms with Crippen LogP contribution in [0.25, 0.3) is 11.1 Å². The third-order valence-electron chi connectivity index (χ3n) is 6.10. The van der Waals surface area contributed by atoms with Crippen LogP contribution in [0.4, 0.5) is 5.69 Å². The average molecular weight is 475 g/mol. The van der Waals surface area contributed by atoms with Crippen LogP contribution in [0.5, 0.6) is 5.75 Å². The van der Waals surface area contributed by atoms with Crippen LogP contribution in [0.1, 0.15) is 29.8 Å². The molecule has 2 aliphatic rings. The molecular formula is C26H26N4O5. The zero-order valence-electron chi connectivity index (χ0n) is 19.8. The number of hydrogen-bond acceptors (Lipinski definition) is 5. The Morgan fingerprint density at radius 3 is 2.57 bits per heavy atom. The van der Waals surface area contributed by atoms with Gasteiger partial charge in [0.2, 0.25) is 0 Å². The molecule has 35 heavy (non-hydrogen) atoms. The largest absolute Gasteiger partial charge is 0.482 e. The van der Waals surface area contributed by atoms with Crippen LogP contribution in [0.2, 0.25) is 0 Å². The van der Waals surface area contributed by atoms with E-state index in [0.717, 1.165) is 16.7 Å². The number of carbonyl (C=O) groups is 4. The Balaban J connectivity index is 1.54. The van der Waals surface area contributed by atoms with Crippen molar-refractivity contribution in [3.8, 4) is 16.9 Å². The average Bonchev–Trinajstić information content (AvgIpc) is 3.18. The highest BCUT2D eigenvalue weighted by Gasteiger charge is 2.34. The zero-order valence-corrected chi connectivity index (χ0v) is 19.8. The minimum atomic E-state index is -0.680. The maximum Gasteiger partial charge on any atom is 0.271 e. The lowest BCUT2D eigenvalue weighted by Gasteiger charge is -2.23. The number of anilines is 1. The van der Waals surface area contributed by atoms with Crippen molar-refractivity contribution in [1.29, 1.82) is 0 Å². The van der Waals surface area contributed by atoms with Crippen LogP contribution in [0, 0.1) is 0 Å². The van der Waals surface area contributed by atoms with Crippen molar-refractivity contribution in [3.05, 3.63) is 72.1 Å². The van der Waals surface area contributed by atoms with Crippen LogP contribution in [-0.2, 0) is 20.9 Å². The molecule has 2 aliphatic heterocycles. The van der Waals surface area contributed by atoms with E-state index in [4.69, 9.17) is 4.74 Å². The lowest BCUT2D eigenvalue weighted by atomic mass is 9.96. The maximum absolute atomic E-state index is 13.1. The lowest BCUT2D eigenvalue weighted by molar-refractivity contribution is -0.129. The van der Waals surface area contributed by atoms with Gasteiger partial charge in [0.1, 0.15) is 11.4 Å². The number of ether oxygens (including phenoxy) is 1. The first-order valence-corrected chi connectivity index (χ1v) is 11.1. The van der Waals surface area contributed by atoms with Crippen molar-refractivity contribution in [2.24, 2.45) is 0 Å². The molecule has 4 amide bonds. The van der Waals surface area contributed by atoms with Gasteiger partial charge in [-0.1, -0.05) is 31.4 Å². The second kappa shape index (κ2) is 9.09. The molecule has 0 fully saturated rings. The van der Waals surface area contributed by atoms with Crippen molar-refractivity contribution in [2.45, 2.75) is 26.4 Å². The van der Waals surface area contributed by atoms with Gasteiger partial charge in [0, 0.05) is 18.7 Å². The Labute approximate surface area is 203 Å². The quantitative estimate of drug-likeness (QED) is 0.626. The molecule has 180 valence electrons. The number of benzene rings is 2. The van der Waals surface area contributed by atoms with E-state index in [-0.39, 0.29) is 42.4 Å². The first kappa shape index (κ1) is 23.7. The summed E-state index contributed by atoms with van der Waals surface area (Å²) in [5, 5.41) is 5.21. The molecule has 0 aromatic heterocycles. The van der Waals surface area contributed by atoms with Gasteiger partial charge in [-0.05, 0) is 48.7 Å². The molecule has 0 atom stereocenters. The van der Waals surface area contributed by atoms with E-state index < -0.39 is 11.8 Å². The highest BCUT2D eigenvalue weighted by atomic mass is 16.5. The van der Waals surface area contributed by atoms with E-state index in [1.165, 1.54) is 9.80 Å². The standard InChI is InChI=1S/C26H26N4O5/c1-14(2)29(5)25(33)15(3)27-24(32)16(4)30-12-20-18(7-6-8-19(20)26(30)34)17-9-10-21-22(11-17)35-13-23(31)28-21/h6-11,14H,3-4,12-13H2,1-2,5H3,(H,27,32)(H,28,31). The van der Waals surface area contributed by atoms with Gasteiger partial charge in [0.15, 0.2) is 6.61 Å². The number of fused-ring (bicyclic) bond motifs is 2. The smallest absolute Gasteiger partial charge is 0.271 e. The van der Waals surface area contributed by atoms with Crippen molar-refractivity contribution in [1.82, 2.24) is 15.1 Å². The van der Waals surface area contributed by atoms with Crippen LogP contribution in [0.15, 0.2) is 61.0 Å². The maximum atomic E-state index is 13.1. The molecule has 0 saturated carbocycles. The molecule has 9 heteroatoms. The number of hydrogen-bond donors (Lipinski definition) is 2. The molecule has 0 saturated heterocycles. The minimum Gasteiger partial charge on any atom is -0.482 e. The Morgan fingerprint density at radius 2 is 1.86 bits per heavy atom. The van der Waals surface area contributed by atoms with E-state index in [1.807, 2.05) is 26.0 Å². The number of rotatable bonds is 6.